The summed E-state index contributed by atoms with van der Waals surface area (Å²) in [6.45, 7) is 2.45. The van der Waals surface area contributed by atoms with Gasteiger partial charge in [-0.25, -0.2) is 4.39 Å². The van der Waals surface area contributed by atoms with Crippen LogP contribution < -0.4 is 5.32 Å². The second kappa shape index (κ2) is 7.03. The number of halogens is 1. The normalized spacial score (nSPS) is 12.4. The van der Waals surface area contributed by atoms with Crippen molar-refractivity contribution >= 4 is 5.69 Å². The molecule has 1 unspecified atom stereocenters. The van der Waals surface area contributed by atoms with Gasteiger partial charge in [0.15, 0.2) is 0 Å². The Morgan fingerprint density at radius 2 is 2.22 bits per heavy atom. The molecule has 6 heteroatoms. The summed E-state index contributed by atoms with van der Waals surface area (Å²) in [6, 6.07) is 3.70. The maximum Gasteiger partial charge on any atom is 0.272 e. The van der Waals surface area contributed by atoms with Gasteiger partial charge in [-0.2, -0.15) is 0 Å². The van der Waals surface area contributed by atoms with Crippen LogP contribution in [0, 0.1) is 15.9 Å². The summed E-state index contributed by atoms with van der Waals surface area (Å²) < 4.78 is 13.1. The van der Waals surface area contributed by atoms with Crippen LogP contribution >= 0.6 is 0 Å². The number of non-ortho nitro benzene ring substituents is 1. The van der Waals surface area contributed by atoms with Gasteiger partial charge >= 0.3 is 0 Å². The first kappa shape index (κ1) is 14.5. The van der Waals surface area contributed by atoms with Crippen molar-refractivity contribution in [3.8, 4) is 0 Å². The predicted octanol–water partition coefficient (Wildman–Crippen LogP) is 1.98. The predicted molar refractivity (Wildman–Crippen MR) is 65.7 cm³/mol. The molecule has 5 nitrogen and oxygen atoms in total. The van der Waals surface area contributed by atoms with Crippen molar-refractivity contribution in [1.82, 2.24) is 5.32 Å². The molecule has 2 N–H and O–H groups in total. The second-order valence-corrected chi connectivity index (χ2v) is 4.22. The summed E-state index contributed by atoms with van der Waals surface area (Å²) in [5.41, 5.74) is 0.298. The highest BCUT2D eigenvalue weighted by molar-refractivity contribution is 5.35. The molecule has 1 rings (SSSR count). The lowest BCUT2D eigenvalue weighted by Crippen LogP contribution is -2.25. The van der Waals surface area contributed by atoms with E-state index in [0.717, 1.165) is 12.5 Å². The first-order valence-corrected chi connectivity index (χ1v) is 5.81. The molecule has 1 aromatic rings. The lowest BCUT2D eigenvalue weighted by Gasteiger charge is -2.13. The van der Waals surface area contributed by atoms with Gasteiger partial charge in [0.2, 0.25) is 0 Å². The molecule has 0 aliphatic carbocycles. The smallest absolute Gasteiger partial charge is 0.272 e. The summed E-state index contributed by atoms with van der Waals surface area (Å²) in [5.74, 6) is -0.607. The van der Waals surface area contributed by atoms with E-state index in [1.165, 1.54) is 12.1 Å². The van der Waals surface area contributed by atoms with E-state index in [1.54, 1.807) is 0 Å². The highest BCUT2D eigenvalue weighted by Crippen LogP contribution is 2.16. The van der Waals surface area contributed by atoms with Gasteiger partial charge in [-0.05, 0) is 31.4 Å². The van der Waals surface area contributed by atoms with Crippen LogP contribution in [-0.4, -0.2) is 22.7 Å². The maximum atomic E-state index is 13.1. The standard InChI is InChI=1S/C12H17FN2O3/c1-9(3-2-4-16)14-8-10-5-11(13)7-12(6-10)15(17)18/h5-7,9,14,16H,2-4,8H2,1H3. The van der Waals surface area contributed by atoms with E-state index >= 15 is 0 Å². The lowest BCUT2D eigenvalue weighted by molar-refractivity contribution is -0.385. The Morgan fingerprint density at radius 3 is 2.83 bits per heavy atom. The molecule has 100 valence electrons. The number of nitrogens with zero attached hydrogens (tertiary/aromatic N) is 1. The Labute approximate surface area is 105 Å². The Kier molecular flexibility index (Phi) is 5.67. The van der Waals surface area contributed by atoms with E-state index in [-0.39, 0.29) is 18.3 Å². The van der Waals surface area contributed by atoms with Gasteiger partial charge in [-0.1, -0.05) is 0 Å². The third-order valence-corrected chi connectivity index (χ3v) is 2.60. The van der Waals surface area contributed by atoms with Crippen LogP contribution in [0.3, 0.4) is 0 Å². The van der Waals surface area contributed by atoms with E-state index in [2.05, 4.69) is 5.32 Å². The fourth-order valence-corrected chi connectivity index (χ4v) is 1.63. The van der Waals surface area contributed by atoms with Gasteiger partial charge in [0.25, 0.3) is 5.69 Å². The van der Waals surface area contributed by atoms with Gasteiger partial charge in [-0.15, -0.1) is 0 Å². The SMILES string of the molecule is CC(CCCO)NCc1cc(F)cc([N+](=O)[O-])c1. The largest absolute Gasteiger partial charge is 0.396 e. The molecule has 0 aliphatic rings. The van der Waals surface area contributed by atoms with E-state index in [1.807, 2.05) is 6.92 Å². The Balaban J connectivity index is 2.59. The third-order valence-electron chi connectivity index (χ3n) is 2.60. The first-order valence-electron chi connectivity index (χ1n) is 5.81. The Bertz CT molecular complexity index is 412. The van der Waals surface area contributed by atoms with Crippen molar-refractivity contribution < 1.29 is 14.4 Å². The van der Waals surface area contributed by atoms with Gasteiger partial charge < -0.3 is 10.4 Å². The molecule has 0 saturated carbocycles. The number of aliphatic hydroxyl groups excluding tert-OH is 1. The average Bonchev–Trinajstić information content (AvgIpc) is 2.33. The molecule has 18 heavy (non-hydrogen) atoms. The topological polar surface area (TPSA) is 75.4 Å². The number of hydrogen-bond donors (Lipinski definition) is 2. The minimum absolute atomic E-state index is 0.136. The fourth-order valence-electron chi connectivity index (χ4n) is 1.63. The Morgan fingerprint density at radius 1 is 1.50 bits per heavy atom. The van der Waals surface area contributed by atoms with E-state index in [4.69, 9.17) is 5.11 Å². The van der Waals surface area contributed by atoms with Crippen molar-refractivity contribution in [3.63, 3.8) is 0 Å². The molecule has 0 fully saturated rings. The van der Waals surface area contributed by atoms with Crippen LogP contribution in [0.1, 0.15) is 25.3 Å². The summed E-state index contributed by atoms with van der Waals surface area (Å²) in [5, 5.41) is 22.4. The number of aliphatic hydroxyl groups is 1. The van der Waals surface area contributed by atoms with Gasteiger partial charge in [0, 0.05) is 25.3 Å². The number of nitrogens with one attached hydrogen (secondary N) is 1. The average molecular weight is 256 g/mol. The number of nitro groups is 1. The number of rotatable bonds is 7. The van der Waals surface area contributed by atoms with Gasteiger partial charge in [-0.3, -0.25) is 10.1 Å². The van der Waals surface area contributed by atoms with E-state index in [9.17, 15) is 14.5 Å². The van der Waals surface area contributed by atoms with Crippen LogP contribution in [-0.2, 0) is 6.54 Å². The zero-order chi connectivity index (χ0) is 13.5. The molecule has 1 atom stereocenters. The van der Waals surface area contributed by atoms with Gasteiger partial charge in [0.1, 0.15) is 5.82 Å². The van der Waals surface area contributed by atoms with Gasteiger partial charge in [0.05, 0.1) is 11.0 Å². The molecule has 0 bridgehead atoms. The summed E-state index contributed by atoms with van der Waals surface area (Å²) >= 11 is 0. The van der Waals surface area contributed by atoms with Crippen molar-refractivity contribution in [3.05, 3.63) is 39.7 Å². The molecule has 0 aromatic heterocycles. The van der Waals surface area contributed by atoms with Crippen LogP contribution in [0.2, 0.25) is 0 Å². The van der Waals surface area contributed by atoms with Crippen molar-refractivity contribution in [2.75, 3.05) is 6.61 Å². The maximum absolute atomic E-state index is 13.1. The lowest BCUT2D eigenvalue weighted by atomic mass is 10.1. The zero-order valence-corrected chi connectivity index (χ0v) is 10.2. The Hall–Kier alpha value is -1.53. The van der Waals surface area contributed by atoms with Crippen LogP contribution in [0.15, 0.2) is 18.2 Å². The number of benzene rings is 1. The molecule has 1 aromatic carbocycles. The highest BCUT2D eigenvalue weighted by atomic mass is 19.1. The number of nitro benzene ring substituents is 1. The molecule has 0 aliphatic heterocycles. The third kappa shape index (κ3) is 4.77. The summed E-state index contributed by atoms with van der Waals surface area (Å²) in [7, 11) is 0. The quantitative estimate of drug-likeness (QED) is 0.578. The number of hydrogen-bond acceptors (Lipinski definition) is 4. The molecular weight excluding hydrogens is 239 g/mol. The van der Waals surface area contributed by atoms with Crippen molar-refractivity contribution in [2.45, 2.75) is 32.4 Å². The molecule has 0 amide bonds. The van der Waals surface area contributed by atoms with Crippen LogP contribution in [0.25, 0.3) is 0 Å². The fraction of sp³-hybridized carbons (Fsp3) is 0.500. The zero-order valence-electron chi connectivity index (χ0n) is 10.2. The summed E-state index contributed by atoms with van der Waals surface area (Å²) in [6.07, 6.45) is 1.49. The van der Waals surface area contributed by atoms with E-state index < -0.39 is 10.7 Å². The van der Waals surface area contributed by atoms with E-state index in [0.29, 0.717) is 18.5 Å². The monoisotopic (exact) mass is 256 g/mol. The minimum atomic E-state index is -0.609. The second-order valence-electron chi connectivity index (χ2n) is 4.22. The first-order chi connectivity index (χ1) is 8.52. The van der Waals surface area contributed by atoms with Crippen molar-refractivity contribution in [2.24, 2.45) is 0 Å². The highest BCUT2D eigenvalue weighted by Gasteiger charge is 2.10. The van der Waals surface area contributed by atoms with Crippen molar-refractivity contribution in [1.29, 1.82) is 0 Å². The molecular formula is C12H17FN2O3. The molecule has 0 radical (unpaired) electrons. The molecule has 0 heterocycles. The molecule has 0 spiro atoms. The minimum Gasteiger partial charge on any atom is -0.396 e. The van der Waals surface area contributed by atoms with Crippen LogP contribution in [0.4, 0.5) is 10.1 Å². The summed E-state index contributed by atoms with van der Waals surface area (Å²) in [4.78, 5) is 9.97. The van der Waals surface area contributed by atoms with Crippen LogP contribution in [0.5, 0.6) is 0 Å². The molecule has 0 saturated heterocycles.